The summed E-state index contributed by atoms with van der Waals surface area (Å²) in [5, 5.41) is 0. The van der Waals surface area contributed by atoms with Crippen LogP contribution in [0.1, 0.15) is 45.7 Å². The number of hydrogen-bond donors (Lipinski definition) is 0. The molecule has 5 nitrogen and oxygen atoms in total. The fourth-order valence-corrected chi connectivity index (χ4v) is 1.99. The highest BCUT2D eigenvalue weighted by molar-refractivity contribution is 5.73. The topological polar surface area (TPSA) is 55.8 Å². The number of hydrogen-bond acceptors (Lipinski definition) is 4. The Hall–Kier alpha value is -2.04. The van der Waals surface area contributed by atoms with Crippen molar-refractivity contribution in [2.75, 3.05) is 13.7 Å². The van der Waals surface area contributed by atoms with Gasteiger partial charge in [-0.25, -0.2) is 4.79 Å². The zero-order valence-electron chi connectivity index (χ0n) is 14.0. The highest BCUT2D eigenvalue weighted by atomic mass is 16.6. The summed E-state index contributed by atoms with van der Waals surface area (Å²) >= 11 is 0. The Morgan fingerprint density at radius 2 is 1.77 bits per heavy atom. The van der Waals surface area contributed by atoms with Crippen LogP contribution in [-0.2, 0) is 14.3 Å². The Morgan fingerprint density at radius 3 is 2.27 bits per heavy atom. The average molecular weight is 307 g/mol. The van der Waals surface area contributed by atoms with Gasteiger partial charge in [-0.2, -0.15) is 0 Å². The van der Waals surface area contributed by atoms with Crippen molar-refractivity contribution < 1.29 is 19.1 Å². The maximum Gasteiger partial charge on any atom is 0.410 e. The summed E-state index contributed by atoms with van der Waals surface area (Å²) < 4.78 is 10.4. The minimum absolute atomic E-state index is 0.0909. The molecule has 0 aromatic heterocycles. The molecule has 1 amide bonds. The molecule has 1 aromatic rings. The minimum Gasteiger partial charge on any atom is -0.466 e. The molecule has 5 heteroatoms. The van der Waals surface area contributed by atoms with E-state index in [0.29, 0.717) is 6.61 Å². The lowest BCUT2D eigenvalue weighted by Crippen LogP contribution is -2.37. The predicted octanol–water partition coefficient (Wildman–Crippen LogP) is 3.55. The zero-order valence-corrected chi connectivity index (χ0v) is 14.0. The van der Waals surface area contributed by atoms with E-state index in [2.05, 4.69) is 0 Å². The average Bonchev–Trinajstić information content (AvgIpc) is 2.43. The first-order chi connectivity index (χ1) is 10.2. The van der Waals surface area contributed by atoms with Gasteiger partial charge in [-0.1, -0.05) is 30.3 Å². The van der Waals surface area contributed by atoms with Crippen molar-refractivity contribution in [3.05, 3.63) is 35.9 Å². The largest absolute Gasteiger partial charge is 0.466 e. The van der Waals surface area contributed by atoms with Crippen molar-refractivity contribution >= 4 is 12.1 Å². The molecule has 0 heterocycles. The second-order valence-corrected chi connectivity index (χ2v) is 6.03. The van der Waals surface area contributed by atoms with E-state index < -0.39 is 17.7 Å². The summed E-state index contributed by atoms with van der Waals surface area (Å²) in [6.07, 6.45) is -0.376. The SMILES string of the molecule is CCOC(=O)CC(c1ccccc1)N(C)C(=O)OC(C)(C)C. The van der Waals surface area contributed by atoms with E-state index >= 15 is 0 Å². The quantitative estimate of drug-likeness (QED) is 0.781. The maximum atomic E-state index is 12.3. The van der Waals surface area contributed by atoms with E-state index in [0.717, 1.165) is 5.56 Å². The second kappa shape index (κ2) is 7.82. The van der Waals surface area contributed by atoms with Crippen LogP contribution in [0, 0.1) is 0 Å². The fourth-order valence-electron chi connectivity index (χ4n) is 1.99. The first kappa shape index (κ1) is 18.0. The van der Waals surface area contributed by atoms with Crippen molar-refractivity contribution in [1.82, 2.24) is 4.90 Å². The predicted molar refractivity (Wildman–Crippen MR) is 84.4 cm³/mol. The normalized spacial score (nSPS) is 12.4. The van der Waals surface area contributed by atoms with Crippen LogP contribution in [-0.4, -0.2) is 36.2 Å². The number of esters is 1. The Morgan fingerprint density at radius 1 is 1.18 bits per heavy atom. The van der Waals surface area contributed by atoms with E-state index in [-0.39, 0.29) is 12.4 Å². The lowest BCUT2D eigenvalue weighted by molar-refractivity contribution is -0.144. The number of amides is 1. The van der Waals surface area contributed by atoms with Crippen LogP contribution >= 0.6 is 0 Å². The standard InChI is InChI=1S/C17H25NO4/c1-6-21-15(19)12-14(13-10-8-7-9-11-13)18(5)16(20)22-17(2,3)4/h7-11,14H,6,12H2,1-5H3. The highest BCUT2D eigenvalue weighted by Crippen LogP contribution is 2.25. The molecule has 1 aromatic carbocycles. The third kappa shape index (κ3) is 5.76. The molecular weight excluding hydrogens is 282 g/mol. The van der Waals surface area contributed by atoms with Crippen LogP contribution < -0.4 is 0 Å². The summed E-state index contributed by atoms with van der Waals surface area (Å²) in [4.78, 5) is 25.5. The van der Waals surface area contributed by atoms with Crippen LogP contribution in [0.15, 0.2) is 30.3 Å². The smallest absolute Gasteiger partial charge is 0.410 e. The van der Waals surface area contributed by atoms with Crippen molar-refractivity contribution in [3.8, 4) is 0 Å². The highest BCUT2D eigenvalue weighted by Gasteiger charge is 2.28. The molecule has 0 spiro atoms. The molecule has 0 saturated heterocycles. The van der Waals surface area contributed by atoms with Crippen LogP contribution in [0.4, 0.5) is 4.79 Å². The first-order valence-corrected chi connectivity index (χ1v) is 7.41. The number of carbonyl (C=O) groups is 2. The number of carbonyl (C=O) groups excluding carboxylic acids is 2. The zero-order chi connectivity index (χ0) is 16.8. The lowest BCUT2D eigenvalue weighted by Gasteiger charge is -2.30. The second-order valence-electron chi connectivity index (χ2n) is 6.03. The van der Waals surface area contributed by atoms with Crippen molar-refractivity contribution in [2.45, 2.75) is 45.8 Å². The van der Waals surface area contributed by atoms with E-state index in [4.69, 9.17) is 9.47 Å². The summed E-state index contributed by atoms with van der Waals surface area (Å²) in [6, 6.07) is 8.97. The molecule has 1 unspecified atom stereocenters. The summed E-state index contributed by atoms with van der Waals surface area (Å²) in [7, 11) is 1.63. The third-order valence-corrected chi connectivity index (χ3v) is 3.00. The number of ether oxygens (including phenoxy) is 2. The van der Waals surface area contributed by atoms with Gasteiger partial charge >= 0.3 is 12.1 Å². The Bertz CT molecular complexity index is 493. The number of benzene rings is 1. The van der Waals surface area contributed by atoms with Crippen LogP contribution in [0.25, 0.3) is 0 Å². The van der Waals surface area contributed by atoms with Gasteiger partial charge in [-0.3, -0.25) is 4.79 Å². The molecule has 0 radical (unpaired) electrons. The van der Waals surface area contributed by atoms with Gasteiger partial charge < -0.3 is 14.4 Å². The van der Waals surface area contributed by atoms with Crippen LogP contribution in [0.5, 0.6) is 0 Å². The molecule has 0 fully saturated rings. The molecule has 122 valence electrons. The number of nitrogens with zero attached hydrogens (tertiary/aromatic N) is 1. The summed E-state index contributed by atoms with van der Waals surface area (Å²) in [5.74, 6) is -0.341. The third-order valence-electron chi connectivity index (χ3n) is 3.00. The van der Waals surface area contributed by atoms with Gasteiger partial charge in [0.05, 0.1) is 19.1 Å². The van der Waals surface area contributed by atoms with Gasteiger partial charge in [0, 0.05) is 7.05 Å². The molecule has 22 heavy (non-hydrogen) atoms. The first-order valence-electron chi connectivity index (χ1n) is 7.41. The molecule has 0 N–H and O–H groups in total. The molecule has 0 aliphatic heterocycles. The van der Waals surface area contributed by atoms with Gasteiger partial charge in [-0.05, 0) is 33.3 Å². The molecular formula is C17H25NO4. The van der Waals surface area contributed by atoms with E-state index in [1.807, 2.05) is 51.1 Å². The monoisotopic (exact) mass is 307 g/mol. The van der Waals surface area contributed by atoms with Gasteiger partial charge in [0.1, 0.15) is 5.60 Å². The van der Waals surface area contributed by atoms with Crippen molar-refractivity contribution in [3.63, 3.8) is 0 Å². The van der Waals surface area contributed by atoms with Crippen molar-refractivity contribution in [1.29, 1.82) is 0 Å². The molecule has 0 aliphatic carbocycles. The van der Waals surface area contributed by atoms with Gasteiger partial charge in [0.25, 0.3) is 0 Å². The van der Waals surface area contributed by atoms with Gasteiger partial charge in [0.2, 0.25) is 0 Å². The van der Waals surface area contributed by atoms with Crippen LogP contribution in [0.3, 0.4) is 0 Å². The maximum absolute atomic E-state index is 12.3. The van der Waals surface area contributed by atoms with Crippen LogP contribution in [0.2, 0.25) is 0 Å². The summed E-state index contributed by atoms with van der Waals surface area (Å²) in [5.41, 5.74) is 0.278. The Labute approximate surface area is 132 Å². The Kier molecular flexibility index (Phi) is 6.40. The molecule has 1 atom stereocenters. The van der Waals surface area contributed by atoms with E-state index in [9.17, 15) is 9.59 Å². The van der Waals surface area contributed by atoms with E-state index in [1.54, 1.807) is 14.0 Å². The number of rotatable bonds is 5. The van der Waals surface area contributed by atoms with E-state index in [1.165, 1.54) is 4.90 Å². The molecule has 0 bridgehead atoms. The molecule has 0 aliphatic rings. The van der Waals surface area contributed by atoms with Gasteiger partial charge in [-0.15, -0.1) is 0 Å². The van der Waals surface area contributed by atoms with Gasteiger partial charge in [0.15, 0.2) is 0 Å². The summed E-state index contributed by atoms with van der Waals surface area (Å²) in [6.45, 7) is 7.49. The van der Waals surface area contributed by atoms with Crippen molar-refractivity contribution in [2.24, 2.45) is 0 Å². The molecule has 1 rings (SSSR count). The fraction of sp³-hybridized carbons (Fsp3) is 0.529. The Balaban J connectivity index is 2.94. The molecule has 0 saturated carbocycles. The lowest BCUT2D eigenvalue weighted by atomic mass is 10.0. The minimum atomic E-state index is -0.587.